The number of anilines is 1. The summed E-state index contributed by atoms with van der Waals surface area (Å²) in [5.41, 5.74) is 2.06. The van der Waals surface area contributed by atoms with E-state index in [1.807, 2.05) is 0 Å². The van der Waals surface area contributed by atoms with E-state index < -0.39 is 0 Å². The van der Waals surface area contributed by atoms with Gasteiger partial charge in [0, 0.05) is 55.1 Å². The van der Waals surface area contributed by atoms with Crippen molar-refractivity contribution in [3.63, 3.8) is 0 Å². The third-order valence-corrected chi connectivity index (χ3v) is 6.16. The van der Waals surface area contributed by atoms with Gasteiger partial charge >= 0.3 is 0 Å². The molecule has 2 N–H and O–H groups in total. The Balaban J connectivity index is 1.90. The number of hydrogen-bond donors (Lipinski definition) is 2. The summed E-state index contributed by atoms with van der Waals surface area (Å²) in [6.07, 6.45) is 3.98. The van der Waals surface area contributed by atoms with Crippen LogP contribution in [0.2, 0.25) is 0 Å². The molecule has 1 atom stereocenters. The molecule has 26 heavy (non-hydrogen) atoms. The first-order chi connectivity index (χ1) is 12.6. The summed E-state index contributed by atoms with van der Waals surface area (Å²) in [6.45, 7) is 4.78. The molecule has 0 aliphatic carbocycles. The monoisotopic (exact) mass is 374 g/mol. The van der Waals surface area contributed by atoms with Crippen LogP contribution in [0.15, 0.2) is 18.3 Å². The van der Waals surface area contributed by atoms with Gasteiger partial charge in [-0.2, -0.15) is 0 Å². The molecule has 1 fully saturated rings. The first-order valence-electron chi connectivity index (χ1n) is 8.87. The van der Waals surface area contributed by atoms with Crippen LogP contribution in [0, 0.1) is 12.7 Å². The molecule has 1 unspecified atom stereocenters. The summed E-state index contributed by atoms with van der Waals surface area (Å²) in [6, 6.07) is 3.82. The minimum Gasteiger partial charge on any atom is -0.396 e. The number of pyridine rings is 1. The number of rotatable bonds is 3. The second-order valence-electron chi connectivity index (χ2n) is 6.88. The number of nitrogens with zero attached hydrogens (tertiary/aromatic N) is 3. The Morgan fingerprint density at radius 2 is 2.27 bits per heavy atom. The van der Waals surface area contributed by atoms with Crippen LogP contribution in [-0.2, 0) is 0 Å². The van der Waals surface area contributed by atoms with Gasteiger partial charge in [0.25, 0.3) is 0 Å². The number of fused-ring (bicyclic) bond motifs is 2. The van der Waals surface area contributed by atoms with Crippen molar-refractivity contribution in [1.82, 2.24) is 14.8 Å². The number of aryl methyl sites for hydroxylation is 1. The molecule has 0 bridgehead atoms. The SMILES string of the molecule is Cc1cc2c(s1)NC=c1c(F)ccnc1=C2N1CCN(C)C(CCO)C1. The summed E-state index contributed by atoms with van der Waals surface area (Å²) in [5, 5.41) is 14.9. The van der Waals surface area contributed by atoms with Crippen LogP contribution in [0.25, 0.3) is 11.9 Å². The Labute approximate surface area is 156 Å². The third kappa shape index (κ3) is 3.00. The van der Waals surface area contributed by atoms with E-state index in [0.717, 1.165) is 42.3 Å². The number of aromatic nitrogens is 1. The standard InChI is InChI=1S/C19H23FN4OS/c1-12-9-14-18(24-7-6-23(2)13(11-24)4-8-25)17-15(10-22-19(14)26-12)16(20)3-5-21-17/h3,5,9-10,13,22,25H,4,6-8,11H2,1-2H3. The van der Waals surface area contributed by atoms with Gasteiger partial charge < -0.3 is 15.3 Å². The number of halogens is 1. The molecule has 2 aromatic heterocycles. The van der Waals surface area contributed by atoms with E-state index in [2.05, 4.69) is 40.1 Å². The zero-order valence-corrected chi connectivity index (χ0v) is 15.8. The molecular weight excluding hydrogens is 351 g/mol. The molecule has 5 nitrogen and oxygen atoms in total. The van der Waals surface area contributed by atoms with Crippen LogP contribution >= 0.6 is 11.3 Å². The fraction of sp³-hybridized carbons (Fsp3) is 0.421. The average Bonchev–Trinajstić information content (AvgIpc) is 2.90. The first-order valence-corrected chi connectivity index (χ1v) is 9.68. The van der Waals surface area contributed by atoms with Gasteiger partial charge in [0.1, 0.15) is 10.8 Å². The molecular formula is C19H23FN4OS. The molecule has 0 radical (unpaired) electrons. The Morgan fingerprint density at radius 3 is 3.08 bits per heavy atom. The topological polar surface area (TPSA) is 51.6 Å². The van der Waals surface area contributed by atoms with E-state index in [1.165, 1.54) is 17.1 Å². The number of likely N-dealkylation sites (N-methyl/N-ethyl adjacent to an activating group) is 1. The Morgan fingerprint density at radius 1 is 1.42 bits per heavy atom. The highest BCUT2D eigenvalue weighted by atomic mass is 32.1. The van der Waals surface area contributed by atoms with Gasteiger partial charge in [-0.05, 0) is 32.5 Å². The Bertz CT molecular complexity index is 942. The quantitative estimate of drug-likeness (QED) is 0.837. The van der Waals surface area contributed by atoms with Crippen molar-refractivity contribution in [1.29, 1.82) is 0 Å². The molecule has 0 spiro atoms. The maximum Gasteiger partial charge on any atom is 0.135 e. The van der Waals surface area contributed by atoms with E-state index in [9.17, 15) is 9.50 Å². The summed E-state index contributed by atoms with van der Waals surface area (Å²) in [7, 11) is 2.09. The minimum atomic E-state index is -0.270. The van der Waals surface area contributed by atoms with E-state index in [1.54, 1.807) is 17.5 Å². The predicted molar refractivity (Wildman–Crippen MR) is 103 cm³/mol. The van der Waals surface area contributed by atoms with Crippen LogP contribution < -0.4 is 15.9 Å². The largest absolute Gasteiger partial charge is 0.396 e. The van der Waals surface area contributed by atoms with Crippen molar-refractivity contribution in [2.45, 2.75) is 19.4 Å². The van der Waals surface area contributed by atoms with Gasteiger partial charge in [0.05, 0.1) is 16.3 Å². The van der Waals surface area contributed by atoms with Crippen molar-refractivity contribution in [2.24, 2.45) is 0 Å². The maximum absolute atomic E-state index is 14.5. The van der Waals surface area contributed by atoms with E-state index in [0.29, 0.717) is 10.6 Å². The van der Waals surface area contributed by atoms with Gasteiger partial charge in [-0.25, -0.2) is 4.39 Å². The van der Waals surface area contributed by atoms with Gasteiger partial charge in [-0.15, -0.1) is 11.3 Å². The molecule has 138 valence electrons. The van der Waals surface area contributed by atoms with Crippen molar-refractivity contribution in [2.75, 3.05) is 38.6 Å². The number of nitrogens with one attached hydrogen (secondary N) is 1. The molecule has 0 amide bonds. The molecule has 2 aliphatic heterocycles. The summed E-state index contributed by atoms with van der Waals surface area (Å²) in [5.74, 6) is -0.270. The summed E-state index contributed by atoms with van der Waals surface area (Å²) in [4.78, 5) is 10.3. The van der Waals surface area contributed by atoms with Crippen molar-refractivity contribution < 1.29 is 9.50 Å². The second kappa shape index (κ2) is 6.98. The highest BCUT2D eigenvalue weighted by molar-refractivity contribution is 7.16. The normalized spacial score (nSPS) is 20.1. The maximum atomic E-state index is 14.5. The number of hydrogen-bond acceptors (Lipinski definition) is 6. The molecule has 4 rings (SSSR count). The van der Waals surface area contributed by atoms with Crippen LogP contribution in [0.1, 0.15) is 16.9 Å². The lowest BCUT2D eigenvalue weighted by Gasteiger charge is -2.41. The van der Waals surface area contributed by atoms with Gasteiger partial charge in [0.2, 0.25) is 0 Å². The number of aliphatic hydroxyl groups is 1. The molecule has 1 saturated heterocycles. The van der Waals surface area contributed by atoms with Crippen LogP contribution in [0.3, 0.4) is 0 Å². The molecule has 0 aromatic carbocycles. The zero-order valence-electron chi connectivity index (χ0n) is 15.0. The number of thiophene rings is 1. The fourth-order valence-corrected chi connectivity index (χ4v) is 4.65. The van der Waals surface area contributed by atoms with Crippen LogP contribution in [0.5, 0.6) is 0 Å². The lowest BCUT2D eigenvalue weighted by Crippen LogP contribution is -2.52. The Hall–Kier alpha value is -1.96. The third-order valence-electron chi connectivity index (χ3n) is 5.17. The summed E-state index contributed by atoms with van der Waals surface area (Å²) < 4.78 is 14.5. The minimum absolute atomic E-state index is 0.166. The van der Waals surface area contributed by atoms with E-state index >= 15 is 0 Å². The van der Waals surface area contributed by atoms with E-state index in [-0.39, 0.29) is 18.5 Å². The first kappa shape index (κ1) is 17.5. The van der Waals surface area contributed by atoms with Crippen molar-refractivity contribution in [3.05, 3.63) is 45.2 Å². The predicted octanol–water partition coefficient (Wildman–Crippen LogP) is 0.909. The van der Waals surface area contributed by atoms with Gasteiger partial charge in [-0.3, -0.25) is 9.88 Å². The van der Waals surface area contributed by atoms with Crippen molar-refractivity contribution in [3.8, 4) is 0 Å². The molecule has 0 saturated carbocycles. The van der Waals surface area contributed by atoms with Crippen LogP contribution in [-0.4, -0.2) is 59.2 Å². The highest BCUT2D eigenvalue weighted by Crippen LogP contribution is 2.34. The second-order valence-corrected chi connectivity index (χ2v) is 8.14. The average molecular weight is 374 g/mol. The molecule has 2 aliphatic rings. The zero-order chi connectivity index (χ0) is 18.3. The fourth-order valence-electron chi connectivity index (χ4n) is 3.77. The number of aliphatic hydroxyl groups excluding tert-OH is 1. The lowest BCUT2D eigenvalue weighted by atomic mass is 10.1. The molecule has 7 heteroatoms. The van der Waals surface area contributed by atoms with Crippen LogP contribution in [0.4, 0.5) is 9.39 Å². The van der Waals surface area contributed by atoms with Gasteiger partial charge in [0.15, 0.2) is 0 Å². The Kier molecular flexibility index (Phi) is 4.69. The summed E-state index contributed by atoms with van der Waals surface area (Å²) >= 11 is 1.67. The molecule has 4 heterocycles. The smallest absolute Gasteiger partial charge is 0.135 e. The van der Waals surface area contributed by atoms with E-state index in [4.69, 9.17) is 0 Å². The lowest BCUT2D eigenvalue weighted by molar-refractivity contribution is 0.110. The molecule has 2 aromatic rings. The number of piperazine rings is 1. The van der Waals surface area contributed by atoms with Gasteiger partial charge in [-0.1, -0.05) is 0 Å². The highest BCUT2D eigenvalue weighted by Gasteiger charge is 2.29. The van der Waals surface area contributed by atoms with Crippen molar-refractivity contribution >= 4 is 28.2 Å².